The molecule has 0 aliphatic carbocycles. The number of piperidine rings is 1. The summed E-state index contributed by atoms with van der Waals surface area (Å²) >= 11 is 0. The first-order valence-electron chi connectivity index (χ1n) is 6.27. The van der Waals surface area contributed by atoms with Gasteiger partial charge in [0.05, 0.1) is 0 Å². The number of nitrogens with zero attached hydrogens (tertiary/aromatic N) is 1. The van der Waals surface area contributed by atoms with Crippen LogP contribution in [-0.2, 0) is 0 Å². The molecular formula is C13H19N3O2. The molecule has 1 aliphatic heterocycles. The van der Waals surface area contributed by atoms with E-state index >= 15 is 0 Å². The molecule has 0 radical (unpaired) electrons. The van der Waals surface area contributed by atoms with Gasteiger partial charge >= 0.3 is 0 Å². The Balaban J connectivity index is 2.10. The molecule has 0 aromatic carbocycles. The van der Waals surface area contributed by atoms with Crippen LogP contribution in [0.25, 0.3) is 0 Å². The average molecular weight is 249 g/mol. The number of carbonyl (C=O) groups excluding carboxylic acids is 1. The molecular weight excluding hydrogens is 230 g/mol. The summed E-state index contributed by atoms with van der Waals surface area (Å²) in [5.41, 5.74) is 0.806. The summed E-state index contributed by atoms with van der Waals surface area (Å²) < 4.78 is 0. The predicted molar refractivity (Wildman–Crippen MR) is 69.8 cm³/mol. The highest BCUT2D eigenvalue weighted by atomic mass is 16.2. The van der Waals surface area contributed by atoms with E-state index in [9.17, 15) is 9.59 Å². The third-order valence-corrected chi connectivity index (χ3v) is 3.48. The minimum atomic E-state index is -0.202. The SMILES string of the molecule is CNC1CCN(C(=O)c2c[nH]c(C)cc2=O)CC1. The van der Waals surface area contributed by atoms with Gasteiger partial charge in [-0.2, -0.15) is 0 Å². The number of nitrogens with one attached hydrogen (secondary N) is 2. The van der Waals surface area contributed by atoms with Gasteiger partial charge in [-0.25, -0.2) is 0 Å². The molecule has 1 aromatic heterocycles. The minimum Gasteiger partial charge on any atom is -0.364 e. The second kappa shape index (κ2) is 5.35. The average Bonchev–Trinajstić information content (AvgIpc) is 2.38. The first kappa shape index (κ1) is 12.8. The monoisotopic (exact) mass is 249 g/mol. The molecule has 98 valence electrons. The van der Waals surface area contributed by atoms with Crippen LogP contribution in [0, 0.1) is 6.92 Å². The molecule has 0 saturated carbocycles. The molecule has 1 saturated heterocycles. The minimum absolute atomic E-state index is 0.161. The summed E-state index contributed by atoms with van der Waals surface area (Å²) in [5, 5.41) is 3.22. The molecule has 0 bridgehead atoms. The number of carbonyl (C=O) groups is 1. The summed E-state index contributed by atoms with van der Waals surface area (Å²) in [6.45, 7) is 3.21. The number of aryl methyl sites for hydroxylation is 1. The Kier molecular flexibility index (Phi) is 3.81. The molecule has 0 spiro atoms. The lowest BCUT2D eigenvalue weighted by atomic mass is 10.0. The van der Waals surface area contributed by atoms with E-state index in [2.05, 4.69) is 10.3 Å². The van der Waals surface area contributed by atoms with Crippen molar-refractivity contribution in [2.24, 2.45) is 0 Å². The van der Waals surface area contributed by atoms with Crippen molar-refractivity contribution in [1.82, 2.24) is 15.2 Å². The summed E-state index contributed by atoms with van der Waals surface area (Å²) in [6.07, 6.45) is 3.39. The van der Waals surface area contributed by atoms with Gasteiger partial charge in [0, 0.05) is 37.1 Å². The van der Waals surface area contributed by atoms with Crippen molar-refractivity contribution in [2.75, 3.05) is 20.1 Å². The number of aromatic nitrogens is 1. The van der Waals surface area contributed by atoms with E-state index in [-0.39, 0.29) is 16.9 Å². The summed E-state index contributed by atoms with van der Waals surface area (Å²) in [5.74, 6) is -0.161. The van der Waals surface area contributed by atoms with Crippen molar-refractivity contribution in [3.8, 4) is 0 Å². The summed E-state index contributed by atoms with van der Waals surface area (Å²) in [6, 6.07) is 1.94. The van der Waals surface area contributed by atoms with Crippen LogP contribution in [0.2, 0.25) is 0 Å². The fourth-order valence-electron chi connectivity index (χ4n) is 2.28. The van der Waals surface area contributed by atoms with Crippen molar-refractivity contribution < 1.29 is 4.79 Å². The molecule has 1 aromatic rings. The maximum atomic E-state index is 12.2. The number of amides is 1. The molecule has 2 N–H and O–H groups in total. The second-order valence-electron chi connectivity index (χ2n) is 4.75. The Morgan fingerprint density at radius 3 is 2.67 bits per heavy atom. The Hall–Kier alpha value is -1.62. The molecule has 2 rings (SSSR count). The Labute approximate surface area is 106 Å². The van der Waals surface area contributed by atoms with Gasteiger partial charge in [-0.3, -0.25) is 9.59 Å². The van der Waals surface area contributed by atoms with Gasteiger partial charge in [0.1, 0.15) is 5.56 Å². The normalized spacial score (nSPS) is 16.9. The van der Waals surface area contributed by atoms with Crippen LogP contribution in [0.5, 0.6) is 0 Å². The van der Waals surface area contributed by atoms with E-state index in [0.717, 1.165) is 18.5 Å². The number of hydrogen-bond acceptors (Lipinski definition) is 3. The van der Waals surface area contributed by atoms with E-state index in [1.807, 2.05) is 7.05 Å². The van der Waals surface area contributed by atoms with Crippen LogP contribution in [-0.4, -0.2) is 42.0 Å². The first-order chi connectivity index (χ1) is 8.61. The van der Waals surface area contributed by atoms with E-state index in [0.29, 0.717) is 19.1 Å². The molecule has 0 atom stereocenters. The number of aromatic amines is 1. The van der Waals surface area contributed by atoms with E-state index in [1.54, 1.807) is 11.8 Å². The van der Waals surface area contributed by atoms with Crippen LogP contribution >= 0.6 is 0 Å². The van der Waals surface area contributed by atoms with Gasteiger partial charge in [-0.1, -0.05) is 0 Å². The van der Waals surface area contributed by atoms with Gasteiger partial charge < -0.3 is 15.2 Å². The van der Waals surface area contributed by atoms with Crippen molar-refractivity contribution in [3.63, 3.8) is 0 Å². The van der Waals surface area contributed by atoms with Gasteiger partial charge in [-0.05, 0) is 26.8 Å². The lowest BCUT2D eigenvalue weighted by Crippen LogP contribution is -2.45. The topological polar surface area (TPSA) is 65.2 Å². The van der Waals surface area contributed by atoms with Crippen LogP contribution in [0.1, 0.15) is 28.9 Å². The van der Waals surface area contributed by atoms with E-state index < -0.39 is 0 Å². The lowest BCUT2D eigenvalue weighted by Gasteiger charge is -2.31. The fraction of sp³-hybridized carbons (Fsp3) is 0.538. The van der Waals surface area contributed by atoms with Crippen LogP contribution in [0.15, 0.2) is 17.1 Å². The van der Waals surface area contributed by atoms with Crippen molar-refractivity contribution >= 4 is 5.91 Å². The van der Waals surface area contributed by atoms with Gasteiger partial charge in [0.2, 0.25) is 0 Å². The Morgan fingerprint density at radius 1 is 1.44 bits per heavy atom. The largest absolute Gasteiger partial charge is 0.364 e. The molecule has 5 nitrogen and oxygen atoms in total. The zero-order chi connectivity index (χ0) is 13.1. The maximum Gasteiger partial charge on any atom is 0.259 e. The van der Waals surface area contributed by atoms with Crippen molar-refractivity contribution in [1.29, 1.82) is 0 Å². The first-order valence-corrected chi connectivity index (χ1v) is 6.27. The zero-order valence-corrected chi connectivity index (χ0v) is 10.8. The molecule has 1 aliphatic rings. The number of likely N-dealkylation sites (tertiary alicyclic amines) is 1. The maximum absolute atomic E-state index is 12.2. The van der Waals surface area contributed by atoms with Crippen LogP contribution in [0.4, 0.5) is 0 Å². The van der Waals surface area contributed by atoms with E-state index in [4.69, 9.17) is 0 Å². The van der Waals surface area contributed by atoms with Crippen LogP contribution in [0.3, 0.4) is 0 Å². The quantitative estimate of drug-likeness (QED) is 0.802. The highest BCUT2D eigenvalue weighted by molar-refractivity contribution is 5.93. The number of rotatable bonds is 2. The second-order valence-corrected chi connectivity index (χ2v) is 4.75. The summed E-state index contributed by atoms with van der Waals surface area (Å²) in [4.78, 5) is 28.7. The molecule has 1 amide bonds. The highest BCUT2D eigenvalue weighted by Gasteiger charge is 2.24. The molecule has 5 heteroatoms. The van der Waals surface area contributed by atoms with Crippen LogP contribution < -0.4 is 10.7 Å². The molecule has 18 heavy (non-hydrogen) atoms. The lowest BCUT2D eigenvalue weighted by molar-refractivity contribution is 0.0705. The Bertz CT molecular complexity index is 487. The zero-order valence-electron chi connectivity index (χ0n) is 10.8. The standard InChI is InChI=1S/C13H19N3O2/c1-9-7-12(17)11(8-15-9)13(18)16-5-3-10(14-2)4-6-16/h7-8,10,14H,3-6H2,1-2H3,(H,15,17). The van der Waals surface area contributed by atoms with Crippen molar-refractivity contribution in [3.05, 3.63) is 33.7 Å². The number of H-pyrrole nitrogens is 1. The number of pyridine rings is 1. The fourth-order valence-corrected chi connectivity index (χ4v) is 2.28. The summed E-state index contributed by atoms with van der Waals surface area (Å²) in [7, 11) is 1.94. The molecule has 2 heterocycles. The third kappa shape index (κ3) is 2.61. The smallest absolute Gasteiger partial charge is 0.259 e. The third-order valence-electron chi connectivity index (χ3n) is 3.48. The molecule has 0 unspecified atom stereocenters. The highest BCUT2D eigenvalue weighted by Crippen LogP contribution is 2.12. The van der Waals surface area contributed by atoms with Crippen molar-refractivity contribution in [2.45, 2.75) is 25.8 Å². The Morgan fingerprint density at radius 2 is 2.11 bits per heavy atom. The predicted octanol–water partition coefficient (Wildman–Crippen LogP) is 0.507. The van der Waals surface area contributed by atoms with E-state index in [1.165, 1.54) is 12.3 Å². The number of hydrogen-bond donors (Lipinski definition) is 2. The molecule has 1 fully saturated rings. The van der Waals surface area contributed by atoms with Gasteiger partial charge in [0.15, 0.2) is 5.43 Å². The van der Waals surface area contributed by atoms with Gasteiger partial charge in [-0.15, -0.1) is 0 Å². The van der Waals surface area contributed by atoms with Gasteiger partial charge in [0.25, 0.3) is 5.91 Å².